The maximum Gasteiger partial charge on any atom is 0.328 e. The molecular weight excluding hydrogens is 1200 g/mol. The van der Waals surface area contributed by atoms with Crippen LogP contribution in [0.25, 0.3) is 22.3 Å². The van der Waals surface area contributed by atoms with Crippen LogP contribution >= 0.6 is 7.60 Å². The smallest absolute Gasteiger partial charge is 0.328 e. The molecule has 2 aliphatic heterocycles. The molecule has 0 saturated carbocycles. The lowest BCUT2D eigenvalue weighted by Crippen LogP contribution is -2.45. The number of aromatic nitrogens is 8. The van der Waals surface area contributed by atoms with Crippen molar-refractivity contribution in [3.8, 4) is 11.5 Å². The summed E-state index contributed by atoms with van der Waals surface area (Å²) in [5.41, 5.74) is 5.95. The Morgan fingerprint density at radius 2 is 0.946 bits per heavy atom. The van der Waals surface area contributed by atoms with Gasteiger partial charge in [-0.25, -0.2) is 29.9 Å². The molecular formula is C71H81N10O9PSi. The van der Waals surface area contributed by atoms with Crippen LogP contribution in [0.3, 0.4) is 0 Å². The summed E-state index contributed by atoms with van der Waals surface area (Å²) in [6, 6.07) is 57.1. The number of nitrogens with one attached hydrogen (secondary N) is 2. The Balaban J connectivity index is 0.839. The second-order valence-corrected chi connectivity index (χ2v) is 32.1. The highest BCUT2D eigenvalue weighted by molar-refractivity contribution is 7.53. The minimum Gasteiger partial charge on any atom is -0.497 e. The zero-order chi connectivity index (χ0) is 64.4. The van der Waals surface area contributed by atoms with E-state index in [1.807, 2.05) is 113 Å². The number of anilines is 2. The molecule has 10 aromatic rings. The van der Waals surface area contributed by atoms with Crippen molar-refractivity contribution in [2.75, 3.05) is 51.3 Å². The van der Waals surface area contributed by atoms with Gasteiger partial charge in [-0.15, -0.1) is 0 Å². The lowest BCUT2D eigenvalue weighted by Gasteiger charge is -2.37. The van der Waals surface area contributed by atoms with E-state index in [9.17, 15) is 0 Å². The normalized spacial score (nSPS) is 21.1. The first-order valence-corrected chi connectivity index (χ1v) is 36.2. The standard InChI is InChI=1S/C71H81N10O9PSi/c1-12-85-61-58(42-87-92(10,11)69(4,5)6)89-68(81-46-77-60-64(73-44-75-66(60)81)79-71(51-29-21-15-22-30-51,52-31-23-16-24-32-52)54-35-39-56(84-8)40-36-54)62(61)90-91(9,82)86-41-57-47(2)48(3)67(88-57)80-45-76-59-63(72-43-74-65(59)80)78-70(49-25-17-13-18-26-49,50-27-19-14-20-28-50)53-33-37-55(83-7)38-34-53/h13-40,43-48,57-58,61-62,67-68H,12,41-42H2,1-11H3,(H,72,74,78)(H,73,75,79)/t47?,48?,57-,58-,61?,62?,67-,68-,91?/m1/s1. The van der Waals surface area contributed by atoms with Crippen molar-refractivity contribution in [2.45, 2.75) is 108 Å². The van der Waals surface area contributed by atoms with Crippen LogP contribution in [0.2, 0.25) is 18.1 Å². The molecule has 19 nitrogen and oxygen atoms in total. The van der Waals surface area contributed by atoms with Gasteiger partial charge in [0.05, 0.1) is 46.2 Å². The first kappa shape index (κ1) is 64.0. The fourth-order valence-corrected chi connectivity index (χ4v) is 14.7. The van der Waals surface area contributed by atoms with Gasteiger partial charge in [-0.1, -0.05) is 180 Å². The third kappa shape index (κ3) is 12.3. The molecule has 0 radical (unpaired) electrons. The van der Waals surface area contributed by atoms with E-state index in [4.69, 9.17) is 67.1 Å². The van der Waals surface area contributed by atoms with Gasteiger partial charge in [0.25, 0.3) is 0 Å². The predicted molar refractivity (Wildman–Crippen MR) is 358 cm³/mol. The fourth-order valence-electron chi connectivity index (χ4n) is 12.6. The largest absolute Gasteiger partial charge is 0.497 e. The van der Waals surface area contributed by atoms with E-state index >= 15 is 4.57 Å². The van der Waals surface area contributed by atoms with Gasteiger partial charge in [-0.2, -0.15) is 0 Å². The van der Waals surface area contributed by atoms with Crippen LogP contribution < -0.4 is 20.1 Å². The molecule has 9 atom stereocenters. The topological polar surface area (TPSA) is 202 Å². The number of methoxy groups -OCH3 is 2. The van der Waals surface area contributed by atoms with Crippen LogP contribution in [0.15, 0.2) is 195 Å². The van der Waals surface area contributed by atoms with Gasteiger partial charge in [-0.3, -0.25) is 18.2 Å². The highest BCUT2D eigenvalue weighted by Gasteiger charge is 2.52. The number of fused-ring (bicyclic) bond motifs is 2. The number of hydrogen-bond acceptors (Lipinski definition) is 17. The van der Waals surface area contributed by atoms with Gasteiger partial charge in [0.1, 0.15) is 59.8 Å². The second-order valence-electron chi connectivity index (χ2n) is 25.2. The average Bonchev–Trinajstić information content (AvgIpc) is 1.14. The summed E-state index contributed by atoms with van der Waals surface area (Å²) in [7, 11) is -3.00. The second kappa shape index (κ2) is 26.4. The van der Waals surface area contributed by atoms with E-state index in [0.717, 1.165) is 44.9 Å². The van der Waals surface area contributed by atoms with Crippen LogP contribution in [-0.4, -0.2) is 112 Å². The first-order chi connectivity index (χ1) is 44.4. The molecule has 6 aromatic carbocycles. The van der Waals surface area contributed by atoms with E-state index in [1.54, 1.807) is 33.2 Å². The maximum atomic E-state index is 15.3. The van der Waals surface area contributed by atoms with Crippen molar-refractivity contribution in [3.63, 3.8) is 0 Å². The molecule has 0 aliphatic carbocycles. The Bertz CT molecular complexity index is 4070. The minimum atomic E-state index is -3.99. The van der Waals surface area contributed by atoms with Gasteiger partial charge in [0, 0.05) is 19.2 Å². The van der Waals surface area contributed by atoms with E-state index < -0.39 is 63.9 Å². The van der Waals surface area contributed by atoms with Gasteiger partial charge in [-0.05, 0) is 88.6 Å². The summed E-state index contributed by atoms with van der Waals surface area (Å²) in [4.78, 5) is 29.5. The minimum absolute atomic E-state index is 0.0484. The molecule has 6 heterocycles. The molecule has 2 saturated heterocycles. The third-order valence-electron chi connectivity index (χ3n) is 18.8. The molecule has 5 unspecified atom stereocenters. The van der Waals surface area contributed by atoms with Crippen molar-refractivity contribution in [3.05, 3.63) is 229 Å². The van der Waals surface area contributed by atoms with Crippen molar-refractivity contribution in [2.24, 2.45) is 11.8 Å². The van der Waals surface area contributed by atoms with Crippen molar-refractivity contribution < 1.29 is 41.7 Å². The number of nitrogens with zero attached hydrogens (tertiary/aromatic N) is 8. The van der Waals surface area contributed by atoms with E-state index in [0.29, 0.717) is 40.6 Å². The van der Waals surface area contributed by atoms with E-state index in [2.05, 4.69) is 131 Å². The Morgan fingerprint density at radius 3 is 1.36 bits per heavy atom. The molecule has 92 heavy (non-hydrogen) atoms. The Hall–Kier alpha value is -8.17. The number of rotatable bonds is 24. The number of hydrogen-bond donors (Lipinski definition) is 2. The third-order valence-corrected chi connectivity index (χ3v) is 24.5. The lowest BCUT2D eigenvalue weighted by atomic mass is 9.77. The summed E-state index contributed by atoms with van der Waals surface area (Å²) in [5, 5.41) is 7.69. The molecule has 4 aromatic heterocycles. The van der Waals surface area contributed by atoms with Crippen LogP contribution in [0, 0.1) is 11.8 Å². The Morgan fingerprint density at radius 1 is 0.533 bits per heavy atom. The van der Waals surface area contributed by atoms with Crippen molar-refractivity contribution in [1.82, 2.24) is 39.0 Å². The van der Waals surface area contributed by atoms with Crippen LogP contribution in [0.5, 0.6) is 11.5 Å². The number of ether oxygens (including phenoxy) is 5. The average molecular weight is 1280 g/mol. The fraction of sp³-hybridized carbons (Fsp3) is 0.352. The first-order valence-electron chi connectivity index (χ1n) is 31.3. The van der Waals surface area contributed by atoms with E-state index in [-0.39, 0.29) is 30.1 Å². The Kier molecular flexibility index (Phi) is 18.4. The summed E-state index contributed by atoms with van der Waals surface area (Å²) >= 11 is 0. The maximum absolute atomic E-state index is 15.3. The molecule has 12 rings (SSSR count). The molecule has 21 heteroatoms. The summed E-state index contributed by atoms with van der Waals surface area (Å²) in [6.07, 6.45) is 2.05. The van der Waals surface area contributed by atoms with Gasteiger partial charge >= 0.3 is 7.60 Å². The highest BCUT2D eigenvalue weighted by Crippen LogP contribution is 2.53. The van der Waals surface area contributed by atoms with Crippen molar-refractivity contribution in [1.29, 1.82) is 0 Å². The molecule has 2 aliphatic rings. The van der Waals surface area contributed by atoms with Crippen LogP contribution in [0.1, 0.15) is 87.4 Å². The SMILES string of the molecule is CCOC1C(OP(C)(=O)OC[C@H]2O[C@@H](n3cnc4c(NC(c5ccccc5)(c5ccccc5)c5ccc(OC)cc5)ncnc43)C(C)C2C)[C@H](n2cnc3c(NC(c4ccccc4)(c4ccccc4)c4ccc(OC)cc4)ncnc32)O[C@@H]1CO[Si](C)(C)C(C)(C)C. The summed E-state index contributed by atoms with van der Waals surface area (Å²) in [6.45, 7) is 19.1. The molecule has 0 spiro atoms. The van der Waals surface area contributed by atoms with E-state index in [1.165, 1.54) is 13.0 Å². The monoisotopic (exact) mass is 1280 g/mol. The quantitative estimate of drug-likeness (QED) is 0.0328. The predicted octanol–water partition coefficient (Wildman–Crippen LogP) is 14.2. The van der Waals surface area contributed by atoms with Gasteiger partial charge < -0.3 is 43.3 Å². The Labute approximate surface area is 538 Å². The molecule has 0 bridgehead atoms. The van der Waals surface area contributed by atoms with Crippen LogP contribution in [0.4, 0.5) is 11.6 Å². The lowest BCUT2D eigenvalue weighted by molar-refractivity contribution is -0.0559. The molecule has 478 valence electrons. The zero-order valence-corrected chi connectivity index (χ0v) is 55.8. The summed E-state index contributed by atoms with van der Waals surface area (Å²) in [5.74, 6) is 2.32. The summed E-state index contributed by atoms with van der Waals surface area (Å²) < 4.78 is 71.1. The number of imidazole rings is 2. The molecule has 2 N–H and O–H groups in total. The number of benzene rings is 6. The highest BCUT2D eigenvalue weighted by atomic mass is 31.2. The zero-order valence-electron chi connectivity index (χ0n) is 53.9. The molecule has 2 fully saturated rings. The van der Waals surface area contributed by atoms with Crippen molar-refractivity contribution >= 4 is 49.9 Å². The molecule has 0 amide bonds. The van der Waals surface area contributed by atoms with Gasteiger partial charge in [0.2, 0.25) is 0 Å². The van der Waals surface area contributed by atoms with Gasteiger partial charge in [0.15, 0.2) is 48.5 Å². The van der Waals surface area contributed by atoms with Crippen LogP contribution in [-0.2, 0) is 43.3 Å².